The molecule has 0 aromatic rings. The summed E-state index contributed by atoms with van der Waals surface area (Å²) < 4.78 is 0. The number of hydrogen-bond acceptors (Lipinski definition) is 3. The van der Waals surface area contributed by atoms with Crippen molar-refractivity contribution in [3.63, 3.8) is 0 Å². The van der Waals surface area contributed by atoms with E-state index >= 15 is 0 Å². The molecule has 6 heavy (non-hydrogen) atoms. The van der Waals surface area contributed by atoms with Crippen LogP contribution in [-0.4, -0.2) is 6.54 Å². The molecule has 0 amide bonds. The monoisotopic (exact) mass is 89.1 g/mol. The molecule has 0 bridgehead atoms. The van der Waals surface area contributed by atoms with Crippen molar-refractivity contribution in [3.05, 3.63) is 0 Å². The lowest BCUT2D eigenvalue weighted by Gasteiger charge is -1.94. The first kappa shape index (κ1) is 5.88. The number of nitrogens with one attached hydrogen (secondary N) is 2. The standard InChI is InChI=1S/C3H11N3/c1-2-3-5-6-4/h5-6H,2-4H2,1H3. The second-order valence-electron chi connectivity index (χ2n) is 1.07. The summed E-state index contributed by atoms with van der Waals surface area (Å²) in [6.45, 7) is 3.00. The average Bonchev–Trinajstić information content (AvgIpc) is 1.61. The lowest BCUT2D eigenvalue weighted by Crippen LogP contribution is -2.37. The van der Waals surface area contributed by atoms with Crippen molar-refractivity contribution in [3.8, 4) is 0 Å². The number of hydrogen-bond donors (Lipinski definition) is 3. The van der Waals surface area contributed by atoms with E-state index in [4.69, 9.17) is 5.84 Å². The zero-order valence-electron chi connectivity index (χ0n) is 3.99. The van der Waals surface area contributed by atoms with E-state index in [1.807, 2.05) is 0 Å². The van der Waals surface area contributed by atoms with Crippen LogP contribution >= 0.6 is 0 Å². The summed E-state index contributed by atoms with van der Waals surface area (Å²) >= 11 is 0. The van der Waals surface area contributed by atoms with E-state index in [9.17, 15) is 0 Å². The van der Waals surface area contributed by atoms with Gasteiger partial charge < -0.3 is 0 Å². The number of nitrogens with two attached hydrogens (primary N) is 1. The van der Waals surface area contributed by atoms with Gasteiger partial charge in [-0.05, 0) is 6.42 Å². The van der Waals surface area contributed by atoms with E-state index < -0.39 is 0 Å². The van der Waals surface area contributed by atoms with Crippen LogP contribution in [0, 0.1) is 0 Å². The van der Waals surface area contributed by atoms with Gasteiger partial charge in [0.05, 0.1) is 0 Å². The van der Waals surface area contributed by atoms with Crippen molar-refractivity contribution >= 4 is 0 Å². The Hall–Kier alpha value is -0.120. The molecule has 0 aromatic heterocycles. The Morgan fingerprint density at radius 2 is 2.33 bits per heavy atom. The predicted molar refractivity (Wildman–Crippen MR) is 25.6 cm³/mol. The molecule has 0 fully saturated rings. The van der Waals surface area contributed by atoms with Crippen LogP contribution in [0.3, 0.4) is 0 Å². The maximum absolute atomic E-state index is 4.85. The van der Waals surface area contributed by atoms with Crippen LogP contribution in [0.15, 0.2) is 0 Å². The molecule has 3 nitrogen and oxygen atoms in total. The minimum Gasteiger partial charge on any atom is -0.258 e. The minimum atomic E-state index is 0.927. The molecule has 0 saturated carbocycles. The van der Waals surface area contributed by atoms with Gasteiger partial charge >= 0.3 is 0 Å². The fourth-order valence-electron chi connectivity index (χ4n) is 0.197. The summed E-state index contributed by atoms with van der Waals surface area (Å²) in [5.74, 6) is 4.85. The summed E-state index contributed by atoms with van der Waals surface area (Å²) in [5, 5.41) is 0. The van der Waals surface area contributed by atoms with E-state index in [1.54, 1.807) is 0 Å². The molecule has 0 heterocycles. The van der Waals surface area contributed by atoms with Crippen LogP contribution in [0.4, 0.5) is 0 Å². The molecule has 0 rings (SSSR count). The largest absolute Gasteiger partial charge is 0.258 e. The molecule has 0 atom stereocenters. The molecule has 0 aliphatic carbocycles. The molecule has 0 aromatic carbocycles. The predicted octanol–water partition coefficient (Wildman–Crippen LogP) is -0.636. The van der Waals surface area contributed by atoms with Crippen LogP contribution in [0.2, 0.25) is 0 Å². The Morgan fingerprint density at radius 3 is 2.50 bits per heavy atom. The van der Waals surface area contributed by atoms with Crippen LogP contribution < -0.4 is 16.8 Å². The molecule has 3 heteroatoms. The maximum atomic E-state index is 4.85. The van der Waals surface area contributed by atoms with E-state index in [0.29, 0.717) is 0 Å². The molecule has 0 aliphatic heterocycles. The summed E-state index contributed by atoms with van der Waals surface area (Å²) in [6.07, 6.45) is 1.10. The first-order valence-electron chi connectivity index (χ1n) is 2.10. The molecule has 4 N–H and O–H groups in total. The van der Waals surface area contributed by atoms with Crippen LogP contribution in [0.1, 0.15) is 13.3 Å². The summed E-state index contributed by atoms with van der Waals surface area (Å²) in [4.78, 5) is 0. The third-order valence-corrected chi connectivity index (χ3v) is 0.477. The SMILES string of the molecule is CCCNNN. The molecule has 38 valence electrons. The average molecular weight is 89.1 g/mol. The quantitative estimate of drug-likeness (QED) is 0.245. The molecule has 0 unspecified atom stereocenters. The second-order valence-corrected chi connectivity index (χ2v) is 1.07. The highest BCUT2D eigenvalue weighted by Gasteiger charge is 1.70. The van der Waals surface area contributed by atoms with Gasteiger partial charge in [0.2, 0.25) is 0 Å². The highest BCUT2D eigenvalue weighted by Crippen LogP contribution is 1.62. The van der Waals surface area contributed by atoms with Gasteiger partial charge in [-0.1, -0.05) is 6.92 Å². The van der Waals surface area contributed by atoms with Crippen molar-refractivity contribution in [2.45, 2.75) is 13.3 Å². The van der Waals surface area contributed by atoms with Gasteiger partial charge in [-0.15, -0.1) is 0 Å². The van der Waals surface area contributed by atoms with Crippen molar-refractivity contribution < 1.29 is 0 Å². The van der Waals surface area contributed by atoms with Crippen LogP contribution in [0.5, 0.6) is 0 Å². The van der Waals surface area contributed by atoms with E-state index in [2.05, 4.69) is 17.9 Å². The Bertz CT molecular complexity index is 18.0. The molecule has 0 saturated heterocycles. The topological polar surface area (TPSA) is 50.1 Å². The van der Waals surface area contributed by atoms with Crippen molar-refractivity contribution in [2.75, 3.05) is 6.54 Å². The summed E-state index contributed by atoms with van der Waals surface area (Å²) in [7, 11) is 0. The van der Waals surface area contributed by atoms with Gasteiger partial charge in [-0.25, -0.2) is 5.43 Å². The van der Waals surface area contributed by atoms with Crippen molar-refractivity contribution in [1.29, 1.82) is 0 Å². The Kier molecular flexibility index (Phi) is 4.78. The van der Waals surface area contributed by atoms with Crippen molar-refractivity contribution in [2.24, 2.45) is 5.84 Å². The van der Waals surface area contributed by atoms with Gasteiger partial charge in [-0.3, -0.25) is 5.84 Å². The maximum Gasteiger partial charge on any atom is 0.0110 e. The Balaban J connectivity index is 2.34. The van der Waals surface area contributed by atoms with Gasteiger partial charge in [0.15, 0.2) is 0 Å². The second kappa shape index (κ2) is 4.88. The smallest absolute Gasteiger partial charge is 0.0110 e. The van der Waals surface area contributed by atoms with Gasteiger partial charge in [-0.2, -0.15) is 5.53 Å². The van der Waals surface area contributed by atoms with E-state index in [-0.39, 0.29) is 0 Å². The first-order valence-corrected chi connectivity index (χ1v) is 2.10. The zero-order chi connectivity index (χ0) is 4.83. The third kappa shape index (κ3) is 3.88. The highest BCUT2D eigenvalue weighted by molar-refractivity contribution is 4.27. The number of hydrazine groups is 2. The van der Waals surface area contributed by atoms with E-state index in [1.165, 1.54) is 0 Å². The fraction of sp³-hybridized carbons (Fsp3) is 1.00. The summed E-state index contributed by atoms with van der Waals surface area (Å²) in [5.41, 5.74) is 5.04. The lowest BCUT2D eigenvalue weighted by atomic mass is 10.5. The normalized spacial score (nSPS) is 9.00. The molecule has 0 aliphatic rings. The molecule has 0 spiro atoms. The zero-order valence-corrected chi connectivity index (χ0v) is 3.99. The Morgan fingerprint density at radius 1 is 1.67 bits per heavy atom. The van der Waals surface area contributed by atoms with Gasteiger partial charge in [0.1, 0.15) is 0 Å². The molecular weight excluding hydrogens is 78.1 g/mol. The Labute approximate surface area is 37.8 Å². The van der Waals surface area contributed by atoms with Crippen LogP contribution in [0.25, 0.3) is 0 Å². The van der Waals surface area contributed by atoms with E-state index in [0.717, 1.165) is 13.0 Å². The third-order valence-electron chi connectivity index (χ3n) is 0.477. The molecular formula is C3H11N3. The highest BCUT2D eigenvalue weighted by atomic mass is 15.5. The summed E-state index contributed by atoms with van der Waals surface area (Å²) in [6, 6.07) is 0. The first-order chi connectivity index (χ1) is 2.91. The number of rotatable bonds is 3. The molecule has 0 radical (unpaired) electrons. The van der Waals surface area contributed by atoms with Crippen molar-refractivity contribution in [1.82, 2.24) is 11.0 Å². The fourth-order valence-corrected chi connectivity index (χ4v) is 0.197. The van der Waals surface area contributed by atoms with Gasteiger partial charge in [0.25, 0.3) is 0 Å². The minimum absolute atomic E-state index is 0.927. The lowest BCUT2D eigenvalue weighted by molar-refractivity contribution is 0.550. The van der Waals surface area contributed by atoms with Crippen LogP contribution in [-0.2, 0) is 0 Å². The van der Waals surface area contributed by atoms with Gasteiger partial charge in [0, 0.05) is 6.54 Å².